The van der Waals surface area contributed by atoms with Gasteiger partial charge >= 0.3 is 5.97 Å². The van der Waals surface area contributed by atoms with Crippen LogP contribution in [0.4, 0.5) is 0 Å². The molecule has 94 valence electrons. The zero-order valence-electron chi connectivity index (χ0n) is 10.6. The van der Waals surface area contributed by atoms with E-state index in [1.165, 1.54) is 0 Å². The van der Waals surface area contributed by atoms with Crippen LogP contribution in [0.2, 0.25) is 0 Å². The van der Waals surface area contributed by atoms with Gasteiger partial charge in [0.2, 0.25) is 0 Å². The first-order valence-electron chi connectivity index (χ1n) is 5.90. The minimum atomic E-state index is -0.771. The highest BCUT2D eigenvalue weighted by atomic mass is 16.5. The lowest BCUT2D eigenvalue weighted by atomic mass is 9.91. The molecule has 17 heavy (non-hydrogen) atoms. The van der Waals surface area contributed by atoms with Crippen LogP contribution in [0.1, 0.15) is 26.3 Å². The minimum Gasteiger partial charge on any atom is -0.481 e. The lowest BCUT2D eigenvalue weighted by Crippen LogP contribution is -2.28. The van der Waals surface area contributed by atoms with Gasteiger partial charge in [-0.2, -0.15) is 0 Å². The number of ether oxygens (including phenoxy) is 1. The van der Waals surface area contributed by atoms with E-state index in [-0.39, 0.29) is 17.9 Å². The molecule has 0 spiro atoms. The molecule has 0 saturated heterocycles. The van der Waals surface area contributed by atoms with Crippen molar-refractivity contribution >= 4 is 5.97 Å². The van der Waals surface area contributed by atoms with Crippen LogP contribution >= 0.6 is 0 Å². The largest absolute Gasteiger partial charge is 0.481 e. The SMILES string of the molecule is CC([C@H](C)C(=O)O)[C@@H](C)OCc1ccccc1. The van der Waals surface area contributed by atoms with Gasteiger partial charge < -0.3 is 9.84 Å². The van der Waals surface area contributed by atoms with Crippen LogP contribution in [-0.4, -0.2) is 17.2 Å². The second kappa shape index (κ2) is 6.40. The van der Waals surface area contributed by atoms with Crippen LogP contribution < -0.4 is 0 Å². The average molecular weight is 236 g/mol. The summed E-state index contributed by atoms with van der Waals surface area (Å²) < 4.78 is 5.70. The number of carboxylic acid groups (broad SMARTS) is 1. The van der Waals surface area contributed by atoms with E-state index < -0.39 is 5.97 Å². The molecule has 0 aromatic heterocycles. The quantitative estimate of drug-likeness (QED) is 0.826. The van der Waals surface area contributed by atoms with Crippen molar-refractivity contribution in [1.29, 1.82) is 0 Å². The van der Waals surface area contributed by atoms with Gasteiger partial charge in [-0.1, -0.05) is 44.2 Å². The van der Waals surface area contributed by atoms with Crippen molar-refractivity contribution in [2.75, 3.05) is 0 Å². The maximum absolute atomic E-state index is 10.9. The summed E-state index contributed by atoms with van der Waals surface area (Å²) in [7, 11) is 0. The number of carboxylic acids is 1. The molecular formula is C14H20O3. The third-order valence-electron chi connectivity index (χ3n) is 3.27. The third kappa shape index (κ3) is 4.19. The maximum atomic E-state index is 10.9. The molecule has 0 radical (unpaired) electrons. The number of hydrogen-bond acceptors (Lipinski definition) is 2. The van der Waals surface area contributed by atoms with Crippen LogP contribution in [0.15, 0.2) is 30.3 Å². The monoisotopic (exact) mass is 236 g/mol. The Balaban J connectivity index is 2.44. The van der Waals surface area contributed by atoms with E-state index in [9.17, 15) is 4.79 Å². The molecule has 0 bridgehead atoms. The summed E-state index contributed by atoms with van der Waals surface area (Å²) in [6.07, 6.45) is -0.0682. The molecule has 0 aliphatic rings. The number of aliphatic carboxylic acids is 1. The summed E-state index contributed by atoms with van der Waals surface area (Å²) in [4.78, 5) is 10.9. The number of hydrogen-bond donors (Lipinski definition) is 1. The normalized spacial score (nSPS) is 16.2. The summed E-state index contributed by atoms with van der Waals surface area (Å²) in [5.74, 6) is -1.16. The van der Waals surface area contributed by atoms with E-state index in [1.807, 2.05) is 44.2 Å². The second-order valence-corrected chi connectivity index (χ2v) is 4.49. The summed E-state index contributed by atoms with van der Waals surface area (Å²) in [5.41, 5.74) is 1.11. The van der Waals surface area contributed by atoms with Gasteiger partial charge in [-0.3, -0.25) is 4.79 Å². The van der Waals surface area contributed by atoms with Crippen molar-refractivity contribution in [3.05, 3.63) is 35.9 Å². The molecular weight excluding hydrogens is 216 g/mol. The van der Waals surface area contributed by atoms with E-state index in [2.05, 4.69) is 0 Å². The van der Waals surface area contributed by atoms with E-state index in [4.69, 9.17) is 9.84 Å². The van der Waals surface area contributed by atoms with Crippen molar-refractivity contribution in [1.82, 2.24) is 0 Å². The maximum Gasteiger partial charge on any atom is 0.306 e. The molecule has 3 nitrogen and oxygen atoms in total. The van der Waals surface area contributed by atoms with Crippen LogP contribution in [0, 0.1) is 11.8 Å². The average Bonchev–Trinajstić information content (AvgIpc) is 2.35. The van der Waals surface area contributed by atoms with E-state index in [0.29, 0.717) is 6.61 Å². The molecule has 1 aromatic carbocycles. The topological polar surface area (TPSA) is 46.5 Å². The van der Waals surface area contributed by atoms with Gasteiger partial charge in [0.25, 0.3) is 0 Å². The summed E-state index contributed by atoms with van der Waals surface area (Å²) in [6.45, 7) is 6.08. The van der Waals surface area contributed by atoms with Gasteiger partial charge in [-0.15, -0.1) is 0 Å². The molecule has 1 N–H and O–H groups in total. The molecule has 0 heterocycles. The summed E-state index contributed by atoms with van der Waals surface area (Å²) >= 11 is 0. The fourth-order valence-electron chi connectivity index (χ4n) is 1.59. The van der Waals surface area contributed by atoms with Gasteiger partial charge in [-0.25, -0.2) is 0 Å². The van der Waals surface area contributed by atoms with Crippen molar-refractivity contribution in [3.8, 4) is 0 Å². The van der Waals surface area contributed by atoms with Gasteiger partial charge in [0.05, 0.1) is 18.6 Å². The Bertz CT molecular complexity index is 348. The van der Waals surface area contributed by atoms with Crippen LogP contribution in [0.3, 0.4) is 0 Å². The standard InChI is InChI=1S/C14H20O3/c1-10(11(2)14(15)16)12(3)17-9-13-7-5-4-6-8-13/h4-8,10-12H,9H2,1-3H3,(H,15,16)/t10?,11-,12+/m0/s1. The Kier molecular flexibility index (Phi) is 5.16. The molecule has 0 aliphatic heterocycles. The zero-order valence-corrected chi connectivity index (χ0v) is 10.6. The Morgan fingerprint density at radius 3 is 2.35 bits per heavy atom. The van der Waals surface area contributed by atoms with Crippen molar-refractivity contribution in [3.63, 3.8) is 0 Å². The highest BCUT2D eigenvalue weighted by molar-refractivity contribution is 5.69. The molecule has 0 amide bonds. The Labute approximate surface area is 102 Å². The first-order chi connectivity index (χ1) is 8.02. The van der Waals surface area contributed by atoms with Crippen LogP contribution in [0.25, 0.3) is 0 Å². The highest BCUT2D eigenvalue weighted by Crippen LogP contribution is 2.19. The summed E-state index contributed by atoms with van der Waals surface area (Å²) in [5, 5.41) is 8.93. The Hall–Kier alpha value is -1.35. The van der Waals surface area contributed by atoms with Gasteiger partial charge in [-0.05, 0) is 18.4 Å². The third-order valence-corrected chi connectivity index (χ3v) is 3.27. The predicted molar refractivity (Wildman–Crippen MR) is 66.7 cm³/mol. The number of rotatable bonds is 6. The molecule has 1 aromatic rings. The first kappa shape index (κ1) is 13.7. The lowest BCUT2D eigenvalue weighted by Gasteiger charge is -2.23. The van der Waals surface area contributed by atoms with E-state index in [1.54, 1.807) is 6.92 Å². The zero-order chi connectivity index (χ0) is 12.8. The Morgan fingerprint density at radius 2 is 1.82 bits per heavy atom. The summed E-state index contributed by atoms with van der Waals surface area (Å²) in [6, 6.07) is 9.89. The van der Waals surface area contributed by atoms with E-state index >= 15 is 0 Å². The lowest BCUT2D eigenvalue weighted by molar-refractivity contribution is -0.145. The fraction of sp³-hybridized carbons (Fsp3) is 0.500. The van der Waals surface area contributed by atoms with Gasteiger partial charge in [0.1, 0.15) is 0 Å². The molecule has 0 fully saturated rings. The molecule has 1 unspecified atom stereocenters. The smallest absolute Gasteiger partial charge is 0.306 e. The van der Waals surface area contributed by atoms with Crippen LogP contribution in [-0.2, 0) is 16.1 Å². The Morgan fingerprint density at radius 1 is 1.24 bits per heavy atom. The molecule has 0 saturated carbocycles. The van der Waals surface area contributed by atoms with Crippen molar-refractivity contribution in [2.24, 2.45) is 11.8 Å². The number of benzene rings is 1. The molecule has 1 rings (SSSR count). The van der Waals surface area contributed by atoms with Crippen molar-refractivity contribution in [2.45, 2.75) is 33.5 Å². The minimum absolute atomic E-state index is 0.00351. The second-order valence-electron chi connectivity index (χ2n) is 4.49. The molecule has 3 heteroatoms. The first-order valence-corrected chi connectivity index (χ1v) is 5.90. The number of carbonyl (C=O) groups is 1. The predicted octanol–water partition coefficient (Wildman–Crippen LogP) is 2.95. The van der Waals surface area contributed by atoms with Gasteiger partial charge in [0, 0.05) is 0 Å². The fourth-order valence-corrected chi connectivity index (χ4v) is 1.59. The molecule has 0 aliphatic carbocycles. The van der Waals surface area contributed by atoms with Crippen molar-refractivity contribution < 1.29 is 14.6 Å². The van der Waals surface area contributed by atoms with Crippen LogP contribution in [0.5, 0.6) is 0 Å². The molecule has 3 atom stereocenters. The van der Waals surface area contributed by atoms with E-state index in [0.717, 1.165) is 5.56 Å². The van der Waals surface area contributed by atoms with Gasteiger partial charge in [0.15, 0.2) is 0 Å². The highest BCUT2D eigenvalue weighted by Gasteiger charge is 2.24.